The second kappa shape index (κ2) is 7.17. The maximum atomic E-state index is 12.0. The zero-order valence-corrected chi connectivity index (χ0v) is 14.9. The van der Waals surface area contributed by atoms with Gasteiger partial charge in [0, 0.05) is 16.1 Å². The highest BCUT2D eigenvalue weighted by atomic mass is 35.5. The lowest BCUT2D eigenvalue weighted by atomic mass is 10.1. The van der Waals surface area contributed by atoms with Crippen LogP contribution >= 0.6 is 23.2 Å². The normalized spacial score (nSPS) is 10.6. The van der Waals surface area contributed by atoms with Crippen LogP contribution in [0, 0.1) is 0 Å². The smallest absolute Gasteiger partial charge is 0.339 e. The van der Waals surface area contributed by atoms with Gasteiger partial charge in [-0.1, -0.05) is 23.2 Å². The molecule has 0 saturated heterocycles. The van der Waals surface area contributed by atoms with Crippen LogP contribution in [-0.4, -0.2) is 19.2 Å². The average molecular weight is 378 g/mol. The maximum absolute atomic E-state index is 12.0. The number of hydrogen-bond acceptors (Lipinski definition) is 5. The molecule has 0 fully saturated rings. The first kappa shape index (κ1) is 17.3. The molecule has 0 amide bonds. The Bertz CT molecular complexity index is 985. The van der Waals surface area contributed by atoms with Crippen LogP contribution in [0.2, 0.25) is 10.0 Å². The van der Waals surface area contributed by atoms with Gasteiger partial charge in [0.05, 0.1) is 31.0 Å². The molecule has 0 unspecified atom stereocenters. The van der Waals surface area contributed by atoms with Gasteiger partial charge in [0.1, 0.15) is 0 Å². The molecule has 7 heteroatoms. The number of benzene rings is 2. The Morgan fingerprint density at radius 3 is 2.40 bits per heavy atom. The first-order valence-electron chi connectivity index (χ1n) is 7.22. The molecule has 0 aliphatic carbocycles. The Hall–Kier alpha value is -2.50. The van der Waals surface area contributed by atoms with Crippen molar-refractivity contribution in [1.82, 2.24) is 4.98 Å². The Morgan fingerprint density at radius 2 is 1.72 bits per heavy atom. The summed E-state index contributed by atoms with van der Waals surface area (Å²) in [4.78, 5) is 16.4. The van der Waals surface area contributed by atoms with E-state index < -0.39 is 5.63 Å². The van der Waals surface area contributed by atoms with E-state index in [1.165, 1.54) is 13.2 Å². The van der Waals surface area contributed by atoms with E-state index in [4.69, 9.17) is 37.1 Å². The molecule has 0 atom stereocenters. The van der Waals surface area contributed by atoms with Crippen molar-refractivity contribution in [2.24, 2.45) is 0 Å². The highest BCUT2D eigenvalue weighted by Gasteiger charge is 2.13. The van der Waals surface area contributed by atoms with Crippen molar-refractivity contribution in [3.8, 4) is 34.2 Å². The third kappa shape index (κ3) is 3.62. The Morgan fingerprint density at radius 1 is 0.960 bits per heavy atom. The molecule has 1 heterocycles. The predicted octanol–water partition coefficient (Wildman–Crippen LogP) is 4.69. The molecular weight excluding hydrogens is 365 g/mol. The molecule has 0 N–H and O–H groups in total. The zero-order chi connectivity index (χ0) is 18.0. The molecule has 1 aromatic heterocycles. The van der Waals surface area contributed by atoms with Gasteiger partial charge in [-0.3, -0.25) is 0 Å². The number of nitrogens with zero attached hydrogens (tertiary/aromatic N) is 1. The van der Waals surface area contributed by atoms with Crippen LogP contribution in [0.3, 0.4) is 0 Å². The monoisotopic (exact) mass is 377 g/mol. The lowest BCUT2D eigenvalue weighted by Gasteiger charge is -2.09. The van der Waals surface area contributed by atoms with Gasteiger partial charge in [0.2, 0.25) is 5.89 Å². The number of halogens is 2. The minimum Gasteiger partial charge on any atom is -0.493 e. The summed E-state index contributed by atoms with van der Waals surface area (Å²) in [5, 5.41) is 0.890. The molecular formula is C18H13Cl2NO4. The van der Waals surface area contributed by atoms with Crippen LogP contribution in [0.15, 0.2) is 51.7 Å². The molecule has 2 aromatic carbocycles. The lowest BCUT2D eigenvalue weighted by Crippen LogP contribution is -2.02. The number of methoxy groups -OCH3 is 2. The largest absolute Gasteiger partial charge is 0.493 e. The first-order chi connectivity index (χ1) is 12.0. The van der Waals surface area contributed by atoms with Crippen LogP contribution in [0.4, 0.5) is 0 Å². The van der Waals surface area contributed by atoms with Crippen LogP contribution in [0.25, 0.3) is 22.7 Å². The van der Waals surface area contributed by atoms with Gasteiger partial charge in [-0.15, -0.1) is 0 Å². The van der Waals surface area contributed by atoms with Crippen molar-refractivity contribution < 1.29 is 13.9 Å². The van der Waals surface area contributed by atoms with E-state index in [2.05, 4.69) is 4.98 Å². The standard InChI is InChI=1S/C18H13Cl2NO4/c1-23-15-6-3-10(7-16(15)24-2)18-21-14(9-17(22)25-18)12-5-4-11(19)8-13(12)20/h3-9H,1-2H3. The maximum Gasteiger partial charge on any atom is 0.339 e. The van der Waals surface area contributed by atoms with E-state index in [0.717, 1.165) is 0 Å². The van der Waals surface area contributed by atoms with Crippen molar-refractivity contribution in [3.05, 3.63) is 62.9 Å². The summed E-state index contributed by atoms with van der Waals surface area (Å²) in [5.41, 5.74) is 1.01. The first-order valence-corrected chi connectivity index (χ1v) is 7.97. The highest BCUT2D eigenvalue weighted by Crippen LogP contribution is 2.33. The summed E-state index contributed by atoms with van der Waals surface area (Å²) in [5.74, 6) is 1.21. The Labute approximate surface area is 153 Å². The van der Waals surface area contributed by atoms with Crippen LogP contribution < -0.4 is 15.1 Å². The van der Waals surface area contributed by atoms with Crippen molar-refractivity contribution in [1.29, 1.82) is 0 Å². The topological polar surface area (TPSA) is 61.6 Å². The van der Waals surface area contributed by atoms with Crippen LogP contribution in [-0.2, 0) is 0 Å². The molecule has 3 rings (SSSR count). The predicted molar refractivity (Wildman–Crippen MR) is 96.8 cm³/mol. The fourth-order valence-electron chi connectivity index (χ4n) is 2.33. The Kier molecular flexibility index (Phi) is 4.97. The van der Waals surface area contributed by atoms with Gasteiger partial charge in [-0.05, 0) is 36.4 Å². The molecule has 25 heavy (non-hydrogen) atoms. The van der Waals surface area contributed by atoms with Gasteiger partial charge >= 0.3 is 5.63 Å². The van der Waals surface area contributed by atoms with Crippen molar-refractivity contribution in [3.63, 3.8) is 0 Å². The number of ether oxygens (including phenoxy) is 2. The molecule has 0 spiro atoms. The van der Waals surface area contributed by atoms with Crippen molar-refractivity contribution >= 4 is 23.2 Å². The summed E-state index contributed by atoms with van der Waals surface area (Å²) >= 11 is 12.1. The van der Waals surface area contributed by atoms with E-state index >= 15 is 0 Å². The van der Waals surface area contributed by atoms with E-state index in [1.54, 1.807) is 43.5 Å². The second-order valence-electron chi connectivity index (χ2n) is 5.06. The van der Waals surface area contributed by atoms with E-state index in [9.17, 15) is 4.79 Å². The molecule has 0 aliphatic heterocycles. The summed E-state index contributed by atoms with van der Waals surface area (Å²) in [6.45, 7) is 0. The fourth-order valence-corrected chi connectivity index (χ4v) is 2.83. The molecule has 128 valence electrons. The second-order valence-corrected chi connectivity index (χ2v) is 5.91. The summed E-state index contributed by atoms with van der Waals surface area (Å²) < 4.78 is 15.7. The van der Waals surface area contributed by atoms with Gasteiger partial charge in [0.25, 0.3) is 0 Å². The van der Waals surface area contributed by atoms with Crippen LogP contribution in [0.5, 0.6) is 11.5 Å². The summed E-state index contributed by atoms with van der Waals surface area (Å²) in [6.07, 6.45) is 0. The van der Waals surface area contributed by atoms with Crippen molar-refractivity contribution in [2.75, 3.05) is 14.2 Å². The Balaban J connectivity index is 2.13. The number of hydrogen-bond donors (Lipinski definition) is 0. The summed E-state index contributed by atoms with van der Waals surface area (Å²) in [7, 11) is 3.06. The number of rotatable bonds is 4. The quantitative estimate of drug-likeness (QED) is 0.659. The SMILES string of the molecule is COc1ccc(-c2nc(-c3ccc(Cl)cc3Cl)cc(=O)o2)cc1OC. The lowest BCUT2D eigenvalue weighted by molar-refractivity contribution is 0.355. The minimum atomic E-state index is -0.541. The third-order valence-corrected chi connectivity index (χ3v) is 4.06. The summed E-state index contributed by atoms with van der Waals surface area (Å²) in [6, 6.07) is 11.3. The fraction of sp³-hybridized carbons (Fsp3) is 0.111. The third-order valence-electron chi connectivity index (χ3n) is 3.51. The molecule has 0 radical (unpaired) electrons. The van der Waals surface area contributed by atoms with Crippen LogP contribution in [0.1, 0.15) is 0 Å². The van der Waals surface area contributed by atoms with Gasteiger partial charge < -0.3 is 13.9 Å². The highest BCUT2D eigenvalue weighted by molar-refractivity contribution is 6.36. The average Bonchev–Trinajstić information content (AvgIpc) is 2.60. The van der Waals surface area contributed by atoms with Gasteiger partial charge in [0.15, 0.2) is 11.5 Å². The van der Waals surface area contributed by atoms with E-state index in [-0.39, 0.29) is 5.89 Å². The molecule has 0 saturated carbocycles. The molecule has 3 aromatic rings. The van der Waals surface area contributed by atoms with E-state index in [0.29, 0.717) is 38.4 Å². The molecule has 0 bridgehead atoms. The van der Waals surface area contributed by atoms with Gasteiger partial charge in [-0.25, -0.2) is 9.78 Å². The molecule has 5 nitrogen and oxygen atoms in total. The molecule has 0 aliphatic rings. The van der Waals surface area contributed by atoms with Gasteiger partial charge in [-0.2, -0.15) is 0 Å². The zero-order valence-electron chi connectivity index (χ0n) is 13.4. The van der Waals surface area contributed by atoms with Crippen molar-refractivity contribution in [2.45, 2.75) is 0 Å². The number of aromatic nitrogens is 1. The minimum absolute atomic E-state index is 0.148. The van der Waals surface area contributed by atoms with E-state index in [1.807, 2.05) is 0 Å².